The minimum absolute atomic E-state index is 0.0367. The van der Waals surface area contributed by atoms with Gasteiger partial charge in [0.2, 0.25) is 10.0 Å². The molecule has 0 aromatic heterocycles. The first-order chi connectivity index (χ1) is 14.4. The number of sulfonamides is 1. The maximum atomic E-state index is 12.6. The highest BCUT2D eigenvalue weighted by atomic mass is 32.2. The van der Waals surface area contributed by atoms with Crippen LogP contribution in [-0.4, -0.2) is 52.4 Å². The third kappa shape index (κ3) is 5.71. The number of methoxy groups -OCH3 is 1. The highest BCUT2D eigenvalue weighted by Crippen LogP contribution is 2.22. The number of hydrogen-bond acceptors (Lipinski definition) is 6. The van der Waals surface area contributed by atoms with E-state index in [9.17, 15) is 18.3 Å². The molecule has 2 aromatic rings. The maximum absolute atomic E-state index is 12.6. The minimum atomic E-state index is -3.84. The first-order valence-electron chi connectivity index (χ1n) is 9.74. The molecule has 0 spiro atoms. The summed E-state index contributed by atoms with van der Waals surface area (Å²) in [7, 11) is -2.26. The van der Waals surface area contributed by atoms with Gasteiger partial charge in [-0.05, 0) is 55.2 Å². The van der Waals surface area contributed by atoms with E-state index in [1.807, 2.05) is 24.3 Å². The Morgan fingerprint density at radius 3 is 2.63 bits per heavy atom. The molecule has 0 bridgehead atoms. The van der Waals surface area contributed by atoms with Crippen LogP contribution in [0.3, 0.4) is 0 Å². The second-order valence-electron chi connectivity index (χ2n) is 7.02. The van der Waals surface area contributed by atoms with Crippen molar-refractivity contribution in [2.45, 2.75) is 30.3 Å². The van der Waals surface area contributed by atoms with Gasteiger partial charge in [-0.15, -0.1) is 0 Å². The van der Waals surface area contributed by atoms with E-state index < -0.39 is 16.0 Å². The molecule has 0 amide bonds. The van der Waals surface area contributed by atoms with E-state index in [0.717, 1.165) is 24.2 Å². The van der Waals surface area contributed by atoms with Crippen molar-refractivity contribution in [1.82, 2.24) is 4.72 Å². The molecule has 1 aliphatic heterocycles. The Bertz CT molecular complexity index is 969. The van der Waals surface area contributed by atoms with Crippen LogP contribution in [0.4, 0.5) is 5.69 Å². The van der Waals surface area contributed by atoms with Crippen LogP contribution in [0, 0.1) is 0 Å². The number of benzene rings is 2. The van der Waals surface area contributed by atoms with Crippen molar-refractivity contribution in [2.24, 2.45) is 0 Å². The summed E-state index contributed by atoms with van der Waals surface area (Å²) in [5.74, 6) is -0.464. The predicted octanol–water partition coefficient (Wildman–Crippen LogP) is 2.51. The number of rotatable bonds is 10. The van der Waals surface area contributed by atoms with Gasteiger partial charge in [0.15, 0.2) is 0 Å². The molecule has 1 heterocycles. The summed E-state index contributed by atoms with van der Waals surface area (Å²) < 4.78 is 38.4. The summed E-state index contributed by atoms with van der Waals surface area (Å²) in [6.07, 6.45) is 2.43. The summed E-state index contributed by atoms with van der Waals surface area (Å²) >= 11 is 0. The van der Waals surface area contributed by atoms with Crippen LogP contribution < -0.4 is 14.8 Å². The van der Waals surface area contributed by atoms with Crippen molar-refractivity contribution in [1.29, 1.82) is 0 Å². The molecule has 162 valence electrons. The normalized spacial score (nSPS) is 16.4. The highest BCUT2D eigenvalue weighted by Gasteiger charge is 2.20. The van der Waals surface area contributed by atoms with Crippen LogP contribution in [0.25, 0.3) is 0 Å². The molecule has 1 atom stereocenters. The Morgan fingerprint density at radius 2 is 2.00 bits per heavy atom. The number of aromatic carboxylic acids is 1. The highest BCUT2D eigenvalue weighted by molar-refractivity contribution is 7.89. The molecule has 1 fully saturated rings. The van der Waals surface area contributed by atoms with Crippen LogP contribution in [0.2, 0.25) is 0 Å². The Balaban J connectivity index is 1.64. The van der Waals surface area contributed by atoms with Gasteiger partial charge in [0.1, 0.15) is 5.75 Å². The average Bonchev–Trinajstić information content (AvgIpc) is 3.26. The van der Waals surface area contributed by atoms with Gasteiger partial charge in [-0.1, -0.05) is 12.1 Å². The monoisotopic (exact) mass is 434 g/mol. The second-order valence-corrected chi connectivity index (χ2v) is 8.79. The molecule has 0 saturated carbocycles. The number of ether oxygens (including phenoxy) is 2. The largest absolute Gasteiger partial charge is 0.497 e. The fourth-order valence-corrected chi connectivity index (χ4v) is 4.31. The van der Waals surface area contributed by atoms with E-state index in [1.54, 1.807) is 7.11 Å². The van der Waals surface area contributed by atoms with Gasteiger partial charge in [0.25, 0.3) is 0 Å². The summed E-state index contributed by atoms with van der Waals surface area (Å²) in [6, 6.07) is 11.4. The lowest BCUT2D eigenvalue weighted by atomic mass is 10.1. The SMILES string of the molecule is COc1ccc(CCNS(=O)(=O)c2ccc(NC[C@@H]3CCCO3)c(C(=O)O)c2)cc1. The van der Waals surface area contributed by atoms with Gasteiger partial charge in [0, 0.05) is 25.4 Å². The zero-order valence-electron chi connectivity index (χ0n) is 16.8. The Labute approximate surface area is 176 Å². The van der Waals surface area contributed by atoms with Crippen LogP contribution in [0.5, 0.6) is 5.75 Å². The van der Waals surface area contributed by atoms with Crippen molar-refractivity contribution < 1.29 is 27.8 Å². The fourth-order valence-electron chi connectivity index (χ4n) is 3.26. The van der Waals surface area contributed by atoms with Crippen LogP contribution >= 0.6 is 0 Å². The zero-order chi connectivity index (χ0) is 21.6. The van der Waals surface area contributed by atoms with Crippen LogP contribution in [0.15, 0.2) is 47.4 Å². The van der Waals surface area contributed by atoms with Gasteiger partial charge in [-0.3, -0.25) is 0 Å². The first kappa shape index (κ1) is 22.1. The molecule has 30 heavy (non-hydrogen) atoms. The van der Waals surface area contributed by atoms with Crippen LogP contribution in [0.1, 0.15) is 28.8 Å². The van der Waals surface area contributed by atoms with Crippen molar-refractivity contribution in [2.75, 3.05) is 32.1 Å². The van der Waals surface area contributed by atoms with Crippen molar-refractivity contribution in [3.8, 4) is 5.75 Å². The number of nitrogens with one attached hydrogen (secondary N) is 2. The first-order valence-corrected chi connectivity index (χ1v) is 11.2. The Morgan fingerprint density at radius 1 is 1.23 bits per heavy atom. The van der Waals surface area contributed by atoms with Crippen molar-refractivity contribution in [3.63, 3.8) is 0 Å². The number of carboxylic acids is 1. The summed E-state index contributed by atoms with van der Waals surface area (Å²) in [4.78, 5) is 11.6. The van der Waals surface area contributed by atoms with E-state index >= 15 is 0 Å². The molecular formula is C21H26N2O6S. The molecule has 9 heteroatoms. The quantitative estimate of drug-likeness (QED) is 0.526. The average molecular weight is 435 g/mol. The topological polar surface area (TPSA) is 114 Å². The Kier molecular flexibility index (Phi) is 7.30. The number of anilines is 1. The molecule has 3 N–H and O–H groups in total. The molecular weight excluding hydrogens is 408 g/mol. The Hall–Kier alpha value is -2.62. The summed E-state index contributed by atoms with van der Waals surface area (Å²) in [5, 5.41) is 12.6. The van der Waals surface area contributed by atoms with E-state index in [0.29, 0.717) is 25.3 Å². The second kappa shape index (κ2) is 9.92. The van der Waals surface area contributed by atoms with E-state index in [1.165, 1.54) is 18.2 Å². The zero-order valence-corrected chi connectivity index (χ0v) is 17.6. The molecule has 8 nitrogen and oxygen atoms in total. The van der Waals surface area contributed by atoms with Gasteiger partial charge in [0.05, 0.1) is 23.7 Å². The molecule has 0 aliphatic carbocycles. The van der Waals surface area contributed by atoms with Gasteiger partial charge < -0.3 is 19.9 Å². The third-order valence-corrected chi connectivity index (χ3v) is 6.40. The third-order valence-electron chi connectivity index (χ3n) is 4.94. The number of hydrogen-bond donors (Lipinski definition) is 3. The van der Waals surface area contributed by atoms with Crippen molar-refractivity contribution >= 4 is 21.7 Å². The molecule has 0 radical (unpaired) electrons. The predicted molar refractivity (Wildman–Crippen MR) is 113 cm³/mol. The molecule has 1 aliphatic rings. The summed E-state index contributed by atoms with van der Waals surface area (Å²) in [5.41, 5.74) is 1.24. The van der Waals surface area contributed by atoms with Gasteiger partial charge >= 0.3 is 5.97 Å². The van der Waals surface area contributed by atoms with Gasteiger partial charge in [-0.2, -0.15) is 0 Å². The molecule has 1 saturated heterocycles. The number of carbonyl (C=O) groups is 1. The van der Waals surface area contributed by atoms with Gasteiger partial charge in [-0.25, -0.2) is 17.9 Å². The van der Waals surface area contributed by atoms with Crippen molar-refractivity contribution in [3.05, 3.63) is 53.6 Å². The fraction of sp³-hybridized carbons (Fsp3) is 0.381. The summed E-state index contributed by atoms with van der Waals surface area (Å²) in [6.45, 7) is 1.38. The lowest BCUT2D eigenvalue weighted by Crippen LogP contribution is -2.26. The van der Waals surface area contributed by atoms with E-state index in [-0.39, 0.29) is 23.1 Å². The van der Waals surface area contributed by atoms with E-state index in [2.05, 4.69) is 10.0 Å². The maximum Gasteiger partial charge on any atom is 0.337 e. The van der Waals surface area contributed by atoms with Crippen LogP contribution in [-0.2, 0) is 21.2 Å². The smallest absolute Gasteiger partial charge is 0.337 e. The molecule has 0 unspecified atom stereocenters. The lowest BCUT2D eigenvalue weighted by molar-refractivity contribution is 0.0697. The molecule has 3 rings (SSSR count). The molecule has 2 aromatic carbocycles. The number of carboxylic acid groups (broad SMARTS) is 1. The standard InChI is InChI=1S/C21H26N2O6S/c1-28-16-6-4-15(5-7-16)10-11-23-30(26,27)18-8-9-20(19(13-18)21(24)25)22-14-17-3-2-12-29-17/h4-9,13,17,22-23H,2-3,10-12,14H2,1H3,(H,24,25)/t17-/m0/s1. The lowest BCUT2D eigenvalue weighted by Gasteiger charge is -2.15. The van der Waals surface area contributed by atoms with E-state index in [4.69, 9.17) is 9.47 Å². The minimum Gasteiger partial charge on any atom is -0.497 e.